The Hall–Kier alpha value is -1.09. The van der Waals surface area contributed by atoms with Gasteiger partial charge in [0.15, 0.2) is 5.96 Å². The number of piperidine rings is 1. The van der Waals surface area contributed by atoms with Crippen molar-refractivity contribution in [2.75, 3.05) is 26.2 Å². The highest BCUT2D eigenvalue weighted by atomic mass is 127. The van der Waals surface area contributed by atoms with Crippen molar-refractivity contribution in [3.63, 3.8) is 0 Å². The molecule has 1 aromatic rings. The Morgan fingerprint density at radius 1 is 1.28 bits per heavy atom. The zero-order chi connectivity index (χ0) is 20.9. The predicted octanol–water partition coefficient (Wildman–Crippen LogP) is 2.53. The molecule has 1 aromatic heterocycles. The fourth-order valence-electron chi connectivity index (χ4n) is 2.84. The Morgan fingerprint density at radius 2 is 1.90 bits per heavy atom. The van der Waals surface area contributed by atoms with Gasteiger partial charge in [0.1, 0.15) is 12.3 Å². The third kappa shape index (κ3) is 6.98. The van der Waals surface area contributed by atoms with Crippen LogP contribution in [-0.4, -0.2) is 55.4 Å². The molecule has 1 saturated heterocycles. The van der Waals surface area contributed by atoms with Gasteiger partial charge in [0.05, 0.1) is 5.69 Å². The van der Waals surface area contributed by atoms with Crippen LogP contribution in [0, 0.1) is 19.8 Å². The fourth-order valence-corrected chi connectivity index (χ4v) is 3.82. The molecule has 1 aliphatic heterocycles. The summed E-state index contributed by atoms with van der Waals surface area (Å²) in [6.07, 6.45) is 0.694. The molecule has 0 aliphatic carbocycles. The number of aryl methyl sites for hydroxylation is 2. The van der Waals surface area contributed by atoms with Gasteiger partial charge >= 0.3 is 15.5 Å². The van der Waals surface area contributed by atoms with Crippen LogP contribution >= 0.6 is 24.0 Å². The van der Waals surface area contributed by atoms with E-state index >= 15 is 0 Å². The van der Waals surface area contributed by atoms with Crippen LogP contribution in [0.5, 0.6) is 0 Å². The lowest BCUT2D eigenvalue weighted by Crippen LogP contribution is -2.47. The van der Waals surface area contributed by atoms with Crippen LogP contribution in [0.2, 0.25) is 0 Å². The van der Waals surface area contributed by atoms with Crippen molar-refractivity contribution in [3.8, 4) is 0 Å². The first-order valence-electron chi connectivity index (χ1n) is 9.06. The number of alkyl halides is 3. The number of guanidine groups is 1. The Labute approximate surface area is 185 Å². The van der Waals surface area contributed by atoms with E-state index in [4.69, 9.17) is 4.42 Å². The van der Waals surface area contributed by atoms with Gasteiger partial charge < -0.3 is 15.1 Å². The smallest absolute Gasteiger partial charge is 0.444 e. The van der Waals surface area contributed by atoms with Gasteiger partial charge in [-0.05, 0) is 39.5 Å². The summed E-state index contributed by atoms with van der Waals surface area (Å²) < 4.78 is 66.8. The number of oxazole rings is 1. The van der Waals surface area contributed by atoms with Crippen LogP contribution in [0.1, 0.15) is 37.1 Å². The predicted molar refractivity (Wildman–Crippen MR) is 113 cm³/mol. The van der Waals surface area contributed by atoms with Crippen LogP contribution in [0.25, 0.3) is 0 Å². The van der Waals surface area contributed by atoms with E-state index in [0.29, 0.717) is 42.1 Å². The molecule has 1 aliphatic rings. The minimum atomic E-state index is -5.25. The minimum Gasteiger partial charge on any atom is -0.444 e. The minimum absolute atomic E-state index is 0. The molecular weight excluding hydrogens is 526 g/mol. The number of rotatable bonds is 6. The third-order valence-corrected chi connectivity index (χ3v) is 6.18. The molecule has 168 valence electrons. The average molecular weight is 553 g/mol. The first-order valence-corrected chi connectivity index (χ1v) is 10.5. The molecular formula is C16H27F3IN5O3S. The van der Waals surface area contributed by atoms with Crippen molar-refractivity contribution in [3.05, 3.63) is 17.3 Å². The third-order valence-electron chi connectivity index (χ3n) is 4.55. The summed E-state index contributed by atoms with van der Waals surface area (Å²) >= 11 is 0. The monoisotopic (exact) mass is 553 g/mol. The molecule has 0 unspecified atom stereocenters. The van der Waals surface area contributed by atoms with Gasteiger partial charge in [0.2, 0.25) is 5.89 Å². The Morgan fingerprint density at radius 3 is 2.38 bits per heavy atom. The topological polar surface area (TPSA) is 99.8 Å². The summed E-state index contributed by atoms with van der Waals surface area (Å²) in [6.45, 7) is 6.68. The summed E-state index contributed by atoms with van der Waals surface area (Å²) in [6, 6.07) is 0. The van der Waals surface area contributed by atoms with E-state index in [0.717, 1.165) is 11.5 Å². The summed E-state index contributed by atoms with van der Waals surface area (Å²) in [5.74, 6) is 1.83. The van der Waals surface area contributed by atoms with Gasteiger partial charge in [-0.2, -0.15) is 17.5 Å². The first kappa shape index (κ1) is 25.9. The molecule has 0 saturated carbocycles. The molecule has 0 spiro atoms. The second kappa shape index (κ2) is 10.8. The zero-order valence-corrected chi connectivity index (χ0v) is 19.7. The summed E-state index contributed by atoms with van der Waals surface area (Å²) in [4.78, 5) is 8.65. The molecule has 0 bridgehead atoms. The second-order valence-corrected chi connectivity index (χ2v) is 8.55. The van der Waals surface area contributed by atoms with Crippen LogP contribution in [0.4, 0.5) is 13.2 Å². The molecule has 2 rings (SSSR count). The fraction of sp³-hybridized carbons (Fsp3) is 0.750. The van der Waals surface area contributed by atoms with Crippen LogP contribution in [0.15, 0.2) is 9.41 Å². The average Bonchev–Trinajstić information content (AvgIpc) is 2.94. The maximum atomic E-state index is 12.6. The van der Waals surface area contributed by atoms with Gasteiger partial charge in [-0.25, -0.2) is 18.4 Å². The molecule has 0 radical (unpaired) electrons. The van der Waals surface area contributed by atoms with Crippen molar-refractivity contribution in [2.24, 2.45) is 10.9 Å². The number of halogens is 4. The number of aliphatic imine (C=N–C) groups is 1. The standard InChI is InChI=1S/C16H26F3N5O3S.HI/c1-4-20-15(22-10-14-23-11(2)12(3)27-14)21-9-13-5-7-24(8-6-13)28(25,26)16(17,18)19;/h13H,4-10H2,1-3H3,(H2,20,21,22);1H. The summed E-state index contributed by atoms with van der Waals surface area (Å²) in [7, 11) is -5.24. The van der Waals surface area contributed by atoms with Gasteiger partial charge in [-0.15, -0.1) is 24.0 Å². The largest absolute Gasteiger partial charge is 0.511 e. The molecule has 0 amide bonds. The number of hydrogen-bond acceptors (Lipinski definition) is 5. The van der Waals surface area contributed by atoms with Crippen LogP contribution < -0.4 is 10.6 Å². The van der Waals surface area contributed by atoms with Crippen molar-refractivity contribution in [1.29, 1.82) is 0 Å². The van der Waals surface area contributed by atoms with E-state index in [1.165, 1.54) is 0 Å². The highest BCUT2D eigenvalue weighted by molar-refractivity contribution is 14.0. The van der Waals surface area contributed by atoms with Crippen molar-refractivity contribution in [2.45, 2.75) is 45.7 Å². The lowest BCUT2D eigenvalue weighted by molar-refractivity contribution is -0.0496. The number of hydrogen-bond donors (Lipinski definition) is 2. The van der Waals surface area contributed by atoms with Gasteiger partial charge in [-0.1, -0.05) is 0 Å². The normalized spacial score (nSPS) is 17.1. The molecule has 29 heavy (non-hydrogen) atoms. The quantitative estimate of drug-likeness (QED) is 0.319. The van der Waals surface area contributed by atoms with E-state index in [9.17, 15) is 21.6 Å². The second-order valence-electron chi connectivity index (χ2n) is 6.62. The molecule has 13 heteroatoms. The molecule has 0 aromatic carbocycles. The van der Waals surface area contributed by atoms with E-state index in [1.807, 2.05) is 20.8 Å². The SMILES string of the molecule is CCNC(=NCc1nc(C)c(C)o1)NCC1CCN(S(=O)(=O)C(F)(F)F)CC1.I. The molecule has 1 fully saturated rings. The molecule has 2 N–H and O–H groups in total. The Balaban J connectivity index is 0.00000420. The van der Waals surface area contributed by atoms with E-state index in [-0.39, 0.29) is 49.5 Å². The lowest BCUT2D eigenvalue weighted by Gasteiger charge is -2.31. The van der Waals surface area contributed by atoms with Crippen molar-refractivity contribution >= 4 is 40.0 Å². The highest BCUT2D eigenvalue weighted by Gasteiger charge is 2.50. The number of nitrogens with zero attached hydrogens (tertiary/aromatic N) is 3. The summed E-state index contributed by atoms with van der Waals surface area (Å²) in [5.41, 5.74) is -4.44. The van der Waals surface area contributed by atoms with Crippen LogP contribution in [-0.2, 0) is 16.6 Å². The summed E-state index contributed by atoms with van der Waals surface area (Å²) in [5, 5.41) is 6.23. The molecule has 0 atom stereocenters. The van der Waals surface area contributed by atoms with Gasteiger partial charge in [-0.3, -0.25) is 0 Å². The first-order chi connectivity index (χ1) is 13.0. The van der Waals surface area contributed by atoms with E-state index < -0.39 is 15.5 Å². The maximum absolute atomic E-state index is 12.6. The number of sulfonamides is 1. The number of aromatic nitrogens is 1. The molecule has 2 heterocycles. The maximum Gasteiger partial charge on any atom is 0.511 e. The number of nitrogens with one attached hydrogen (secondary N) is 2. The zero-order valence-electron chi connectivity index (χ0n) is 16.5. The van der Waals surface area contributed by atoms with E-state index in [1.54, 1.807) is 0 Å². The molecule has 8 nitrogen and oxygen atoms in total. The Bertz CT molecular complexity index is 771. The van der Waals surface area contributed by atoms with Crippen molar-refractivity contribution in [1.82, 2.24) is 19.9 Å². The van der Waals surface area contributed by atoms with Crippen molar-refractivity contribution < 1.29 is 26.0 Å². The Kier molecular flexibility index (Phi) is 9.66. The van der Waals surface area contributed by atoms with Crippen LogP contribution in [0.3, 0.4) is 0 Å². The van der Waals surface area contributed by atoms with Gasteiger partial charge in [0.25, 0.3) is 0 Å². The van der Waals surface area contributed by atoms with E-state index in [2.05, 4.69) is 20.6 Å². The van der Waals surface area contributed by atoms with Gasteiger partial charge in [0, 0.05) is 26.2 Å². The lowest BCUT2D eigenvalue weighted by atomic mass is 9.98. The highest BCUT2D eigenvalue weighted by Crippen LogP contribution is 2.30.